The van der Waals surface area contributed by atoms with Crippen LogP contribution in [-0.4, -0.2) is 39.2 Å². The Bertz CT molecular complexity index is 1080. The van der Waals surface area contributed by atoms with Gasteiger partial charge in [-0.15, -0.1) is 0 Å². The Morgan fingerprint density at radius 2 is 2.08 bits per heavy atom. The van der Waals surface area contributed by atoms with Crippen LogP contribution in [0.2, 0.25) is 0 Å². The molecule has 3 aromatic rings. The second kappa shape index (κ2) is 4.62. The number of fused-ring (bicyclic) bond motifs is 3. The highest BCUT2D eigenvalue weighted by Gasteiger charge is 2.70. The van der Waals surface area contributed by atoms with Crippen LogP contribution >= 0.6 is 0 Å². The van der Waals surface area contributed by atoms with Gasteiger partial charge in [-0.25, -0.2) is 23.1 Å². The highest BCUT2D eigenvalue weighted by molar-refractivity contribution is 7.89. The topological polar surface area (TPSA) is 92.7 Å². The first kappa shape index (κ1) is 15.3. The number of hydrogen-bond acceptors (Lipinski definition) is 4. The van der Waals surface area contributed by atoms with E-state index >= 15 is 0 Å². The summed E-state index contributed by atoms with van der Waals surface area (Å²) in [6.07, 6.45) is 8.05. The molecule has 0 amide bonds. The summed E-state index contributed by atoms with van der Waals surface area (Å²) in [5.41, 5.74) is 2.55. The molecule has 6 rings (SSSR count). The molecule has 3 aliphatic carbocycles. The molecule has 0 radical (unpaired) electrons. The van der Waals surface area contributed by atoms with Gasteiger partial charge in [-0.2, -0.15) is 0 Å². The van der Waals surface area contributed by atoms with Crippen LogP contribution in [0.15, 0.2) is 24.8 Å². The summed E-state index contributed by atoms with van der Waals surface area (Å²) in [6, 6.07) is 2.02. The van der Waals surface area contributed by atoms with E-state index in [1.54, 1.807) is 6.20 Å². The lowest BCUT2D eigenvalue weighted by Crippen LogP contribution is -2.78. The Morgan fingerprint density at radius 3 is 2.80 bits per heavy atom. The minimum Gasteiger partial charge on any atom is -0.346 e. The van der Waals surface area contributed by atoms with Gasteiger partial charge in [0, 0.05) is 17.1 Å². The molecule has 3 fully saturated rings. The number of sulfonamides is 1. The van der Waals surface area contributed by atoms with Crippen molar-refractivity contribution in [2.24, 2.45) is 5.92 Å². The molecule has 25 heavy (non-hydrogen) atoms. The van der Waals surface area contributed by atoms with Gasteiger partial charge < -0.3 is 9.55 Å². The molecule has 132 valence electrons. The van der Waals surface area contributed by atoms with Crippen molar-refractivity contribution in [1.82, 2.24) is 24.2 Å². The van der Waals surface area contributed by atoms with Crippen LogP contribution in [0.1, 0.15) is 33.1 Å². The minimum atomic E-state index is -3.22. The Morgan fingerprint density at radius 1 is 1.32 bits per heavy atom. The number of aromatic nitrogens is 4. The number of imidazole rings is 1. The maximum atomic E-state index is 12.3. The largest absolute Gasteiger partial charge is 0.346 e. The fourth-order valence-electron chi connectivity index (χ4n) is 4.78. The summed E-state index contributed by atoms with van der Waals surface area (Å²) in [5.74, 6) is 0.316. The second-order valence-electron chi connectivity index (χ2n) is 8.16. The van der Waals surface area contributed by atoms with Gasteiger partial charge in [0.2, 0.25) is 10.0 Å². The van der Waals surface area contributed by atoms with E-state index in [1.807, 2.05) is 32.4 Å². The zero-order chi connectivity index (χ0) is 17.4. The zero-order valence-corrected chi connectivity index (χ0v) is 15.1. The molecule has 2 N–H and O–H groups in total. The fourth-order valence-corrected chi connectivity index (χ4v) is 6.61. The molecule has 8 heteroatoms. The van der Waals surface area contributed by atoms with Gasteiger partial charge in [0.05, 0.1) is 29.3 Å². The number of pyridine rings is 1. The van der Waals surface area contributed by atoms with Crippen LogP contribution in [0.4, 0.5) is 0 Å². The Kier molecular flexibility index (Phi) is 2.83. The van der Waals surface area contributed by atoms with E-state index in [0.29, 0.717) is 0 Å². The third kappa shape index (κ3) is 2.10. The van der Waals surface area contributed by atoms with Crippen molar-refractivity contribution in [3.05, 3.63) is 24.8 Å². The minimum absolute atomic E-state index is 0.0132. The van der Waals surface area contributed by atoms with E-state index in [0.717, 1.165) is 41.3 Å². The van der Waals surface area contributed by atoms with Crippen molar-refractivity contribution in [3.8, 4) is 0 Å². The molecule has 0 atom stereocenters. The van der Waals surface area contributed by atoms with Gasteiger partial charge in [0.15, 0.2) is 0 Å². The SMILES string of the molecule is CC(C)CS(=O)(=O)NC12CC(n3cnc4cnc5[nH]ccc5c43)(C1)C2. The number of hydrogen-bond donors (Lipinski definition) is 2. The summed E-state index contributed by atoms with van der Waals surface area (Å²) < 4.78 is 29.7. The molecule has 3 saturated carbocycles. The van der Waals surface area contributed by atoms with E-state index in [1.165, 1.54) is 0 Å². The number of nitrogens with zero attached hydrogens (tertiary/aromatic N) is 3. The summed E-state index contributed by atoms with van der Waals surface area (Å²) in [4.78, 5) is 12.0. The molecule has 0 aromatic carbocycles. The monoisotopic (exact) mass is 359 g/mol. The quantitative estimate of drug-likeness (QED) is 0.730. The third-order valence-corrected chi connectivity index (χ3v) is 7.38. The van der Waals surface area contributed by atoms with Crippen molar-refractivity contribution in [2.45, 2.75) is 44.2 Å². The van der Waals surface area contributed by atoms with Gasteiger partial charge in [-0.3, -0.25) is 0 Å². The van der Waals surface area contributed by atoms with Crippen LogP contribution < -0.4 is 4.72 Å². The Hall–Kier alpha value is -1.93. The lowest BCUT2D eigenvalue weighted by atomic mass is 9.44. The van der Waals surface area contributed by atoms with Gasteiger partial charge in [0.25, 0.3) is 0 Å². The molecular formula is C17H21N5O2S. The zero-order valence-electron chi connectivity index (χ0n) is 14.3. The summed E-state index contributed by atoms with van der Waals surface area (Å²) in [5, 5.41) is 1.06. The van der Waals surface area contributed by atoms with E-state index in [4.69, 9.17) is 0 Å². The predicted molar refractivity (Wildman–Crippen MR) is 95.7 cm³/mol. The molecule has 0 aliphatic heterocycles. The number of nitrogens with one attached hydrogen (secondary N) is 2. The predicted octanol–water partition coefficient (Wildman–Crippen LogP) is 2.12. The fraction of sp³-hybridized carbons (Fsp3) is 0.529. The average Bonchev–Trinajstić information content (AvgIpc) is 3.05. The number of H-pyrrole nitrogens is 1. The molecular weight excluding hydrogens is 338 g/mol. The maximum Gasteiger partial charge on any atom is 0.212 e. The standard InChI is InChI=1S/C17H21N5O2S/c1-11(2)6-25(23,24)21-16-7-17(8-16,9-16)22-10-20-13-5-19-15-12(14(13)22)3-4-18-15/h3-5,10-11,21H,6-9H2,1-2H3,(H,18,19). The molecule has 0 saturated heterocycles. The smallest absolute Gasteiger partial charge is 0.212 e. The molecule has 0 unspecified atom stereocenters. The molecule has 7 nitrogen and oxygen atoms in total. The molecule has 3 aliphatic rings. The van der Waals surface area contributed by atoms with Crippen LogP contribution in [0, 0.1) is 5.92 Å². The maximum absolute atomic E-state index is 12.3. The Labute approximate surface area is 145 Å². The van der Waals surface area contributed by atoms with E-state index < -0.39 is 10.0 Å². The van der Waals surface area contributed by atoms with Crippen molar-refractivity contribution in [3.63, 3.8) is 0 Å². The van der Waals surface area contributed by atoms with Crippen molar-refractivity contribution in [1.29, 1.82) is 0 Å². The number of rotatable bonds is 5. The van der Waals surface area contributed by atoms with E-state index in [9.17, 15) is 8.42 Å². The summed E-state index contributed by atoms with van der Waals surface area (Å²) in [7, 11) is -3.22. The van der Waals surface area contributed by atoms with Crippen LogP contribution in [0.3, 0.4) is 0 Å². The van der Waals surface area contributed by atoms with Gasteiger partial charge in [0.1, 0.15) is 11.2 Å². The first-order chi connectivity index (χ1) is 11.8. The lowest BCUT2D eigenvalue weighted by molar-refractivity contribution is -0.122. The third-order valence-electron chi connectivity index (χ3n) is 5.53. The van der Waals surface area contributed by atoms with Gasteiger partial charge >= 0.3 is 0 Å². The van der Waals surface area contributed by atoms with Crippen LogP contribution in [-0.2, 0) is 15.6 Å². The first-order valence-electron chi connectivity index (χ1n) is 8.63. The number of aromatic amines is 1. The first-order valence-corrected chi connectivity index (χ1v) is 10.3. The van der Waals surface area contributed by atoms with E-state index in [2.05, 4.69) is 24.2 Å². The Balaban J connectivity index is 1.45. The van der Waals surface area contributed by atoms with Crippen molar-refractivity contribution >= 4 is 32.1 Å². The molecule has 2 bridgehead atoms. The summed E-state index contributed by atoms with van der Waals surface area (Å²) >= 11 is 0. The van der Waals surface area contributed by atoms with Gasteiger partial charge in [-0.05, 0) is 31.2 Å². The highest BCUT2D eigenvalue weighted by atomic mass is 32.2. The summed E-state index contributed by atoms with van der Waals surface area (Å²) in [6.45, 7) is 3.85. The molecule has 0 spiro atoms. The van der Waals surface area contributed by atoms with Gasteiger partial charge in [-0.1, -0.05) is 13.8 Å². The lowest BCUT2D eigenvalue weighted by Gasteiger charge is -2.70. The average molecular weight is 359 g/mol. The van der Waals surface area contributed by atoms with E-state index in [-0.39, 0.29) is 22.7 Å². The second-order valence-corrected chi connectivity index (χ2v) is 9.93. The van der Waals surface area contributed by atoms with Crippen LogP contribution in [0.25, 0.3) is 22.1 Å². The van der Waals surface area contributed by atoms with Crippen LogP contribution in [0.5, 0.6) is 0 Å². The normalized spacial score (nSPS) is 28.4. The van der Waals surface area contributed by atoms with Crippen molar-refractivity contribution in [2.75, 3.05) is 5.75 Å². The molecule has 3 aromatic heterocycles. The van der Waals surface area contributed by atoms with Crippen molar-refractivity contribution < 1.29 is 8.42 Å². The highest BCUT2D eigenvalue weighted by Crippen LogP contribution is 2.66. The molecule has 3 heterocycles.